The number of methoxy groups -OCH3 is 4. The summed E-state index contributed by atoms with van der Waals surface area (Å²) in [5.74, 6) is 1.89. The maximum Gasteiger partial charge on any atom is 0.488 e. The van der Waals surface area contributed by atoms with Crippen LogP contribution in [0, 0.1) is 13.2 Å². The van der Waals surface area contributed by atoms with Crippen molar-refractivity contribution >= 4 is 106 Å². The molecule has 8 aromatic carbocycles. The van der Waals surface area contributed by atoms with Crippen LogP contribution in [0.15, 0.2) is 164 Å². The van der Waals surface area contributed by atoms with Crippen LogP contribution in [0.4, 0.5) is 0 Å². The number of halogens is 2. The third-order valence-electron chi connectivity index (χ3n) is 8.86. The van der Waals surface area contributed by atoms with Crippen LogP contribution in [0.2, 0.25) is 0 Å². The number of hydrogen-bond donors (Lipinski definition) is 4. The zero-order valence-corrected chi connectivity index (χ0v) is 44.6. The van der Waals surface area contributed by atoms with Crippen molar-refractivity contribution in [2.24, 2.45) is 0 Å². The van der Waals surface area contributed by atoms with Gasteiger partial charge in [-0.1, -0.05) is 91.0 Å². The fraction of sp³-hybridized carbons (Fsp3) is 0.115. The van der Waals surface area contributed by atoms with Gasteiger partial charge in [0.1, 0.15) is 23.0 Å². The van der Waals surface area contributed by atoms with Crippen LogP contribution < -0.4 is 29.7 Å². The van der Waals surface area contributed by atoms with E-state index in [1.807, 2.05) is 66.7 Å². The number of ether oxygens (including phenoxy) is 4. The first-order valence-corrected chi connectivity index (χ1v) is 22.7. The number of benzene rings is 8. The summed E-state index contributed by atoms with van der Waals surface area (Å²) in [4.78, 5) is 18.0. The Labute approximate surface area is 436 Å². The molecule has 0 radical (unpaired) electrons. The Bertz CT molecular complexity index is 2580. The monoisotopic (exact) mass is 1240 g/mol. The van der Waals surface area contributed by atoms with Crippen molar-refractivity contribution < 1.29 is 69.2 Å². The maximum absolute atomic E-state index is 9.00. The van der Waals surface area contributed by atoms with Gasteiger partial charge in [-0.25, -0.2) is 0 Å². The Morgan fingerprint density at radius 3 is 1.09 bits per heavy atom. The SMILES string of the molecule is CC(=O)O.CC(=O)O.COc1cc2cc(-c3ccccc3)c(OC)cc2cc1-c1ccccc1.COc1cc2cc(I)c(OC)cc2cc1I.OB(O)c1ccccc1.Pc1[c-]cccc1.[Pd]. The summed E-state index contributed by atoms with van der Waals surface area (Å²) in [5.41, 5.74) is 4.96. The molecule has 0 aliphatic carbocycles. The second kappa shape index (κ2) is 31.1. The molecule has 0 saturated heterocycles. The first kappa shape index (κ1) is 58.1. The maximum atomic E-state index is 9.00. The molecular formula is C52H51BI2O10PPd-. The molecule has 0 amide bonds. The number of fused-ring (bicyclic) bond motifs is 2. The number of carbonyl (C=O) groups is 2. The summed E-state index contributed by atoms with van der Waals surface area (Å²) in [6.07, 6.45) is 0. The molecule has 1 unspecified atom stereocenters. The van der Waals surface area contributed by atoms with Gasteiger partial charge < -0.3 is 39.2 Å². The Balaban J connectivity index is 0.000000319. The van der Waals surface area contributed by atoms with E-state index in [4.69, 9.17) is 48.8 Å². The normalized spacial score (nSPS) is 9.54. The van der Waals surface area contributed by atoms with Crippen molar-refractivity contribution in [1.82, 2.24) is 0 Å². The minimum absolute atomic E-state index is 0. The predicted octanol–water partition coefficient (Wildman–Crippen LogP) is 10.8. The van der Waals surface area contributed by atoms with Crippen molar-refractivity contribution in [2.45, 2.75) is 13.8 Å². The first-order chi connectivity index (χ1) is 31.6. The molecule has 0 saturated carbocycles. The van der Waals surface area contributed by atoms with Crippen molar-refractivity contribution in [3.8, 4) is 45.3 Å². The van der Waals surface area contributed by atoms with Crippen LogP contribution in [0.3, 0.4) is 0 Å². The molecule has 67 heavy (non-hydrogen) atoms. The van der Waals surface area contributed by atoms with Crippen LogP contribution in [0.1, 0.15) is 13.8 Å². The summed E-state index contributed by atoms with van der Waals surface area (Å²) >= 11 is 4.55. The zero-order chi connectivity index (χ0) is 48.6. The standard InChI is InChI=1S/C24H20O2.C12H10I2O2.C6H7BO2.C6H6P.2C2H4O2.Pd/c1-25-23-15-19-14-22(18-11-7-4-8-12-18)24(26-2)16-20(19)13-21(23)17-9-5-3-6-10-17;1-15-11-5-7-4-10(14)12(16-2)6-8(7)3-9(11)13;8-7(9)6-4-2-1-3-5-6;7-6-4-2-1-3-5-6;2*1-2(3)4;/h3-16H,1-2H3;3-6H,1-2H3;1-5,8-9H;1-4H,7H2;2*1H3,(H,3,4);/q;;;-1;;;. The third-order valence-corrected chi connectivity index (χ3v) is 10.9. The predicted molar refractivity (Wildman–Crippen MR) is 288 cm³/mol. The van der Waals surface area contributed by atoms with Crippen LogP contribution in [0.5, 0.6) is 23.0 Å². The van der Waals surface area contributed by atoms with E-state index < -0.39 is 19.1 Å². The largest absolute Gasteiger partial charge is 0.496 e. The van der Waals surface area contributed by atoms with Gasteiger partial charge in [0, 0.05) is 45.4 Å². The fourth-order valence-corrected chi connectivity index (χ4v) is 7.56. The molecule has 0 fully saturated rings. The summed E-state index contributed by atoms with van der Waals surface area (Å²) < 4.78 is 24.2. The van der Waals surface area contributed by atoms with E-state index in [2.05, 4.69) is 133 Å². The van der Waals surface area contributed by atoms with E-state index in [-0.39, 0.29) is 20.4 Å². The van der Waals surface area contributed by atoms with Crippen LogP contribution in [-0.2, 0) is 30.0 Å². The molecule has 1 atom stereocenters. The van der Waals surface area contributed by atoms with Gasteiger partial charge in [-0.3, -0.25) is 9.59 Å². The number of hydrogen-bond acceptors (Lipinski definition) is 8. The molecule has 4 N–H and O–H groups in total. The second-order valence-electron chi connectivity index (χ2n) is 13.6. The zero-order valence-electron chi connectivity index (χ0n) is 37.6. The van der Waals surface area contributed by atoms with E-state index in [1.54, 1.807) is 52.7 Å². The molecule has 8 aromatic rings. The van der Waals surface area contributed by atoms with Crippen molar-refractivity contribution in [2.75, 3.05) is 28.4 Å². The van der Waals surface area contributed by atoms with Gasteiger partial charge in [0.15, 0.2) is 0 Å². The molecule has 0 aliphatic heterocycles. The summed E-state index contributed by atoms with van der Waals surface area (Å²) in [6.45, 7) is 2.17. The van der Waals surface area contributed by atoms with E-state index >= 15 is 0 Å². The molecule has 10 nitrogen and oxygen atoms in total. The minimum Gasteiger partial charge on any atom is -0.496 e. The Hall–Kier alpha value is -5.04. The van der Waals surface area contributed by atoms with Crippen LogP contribution in [0.25, 0.3) is 43.8 Å². The van der Waals surface area contributed by atoms with Gasteiger partial charge in [0.2, 0.25) is 0 Å². The molecule has 15 heteroatoms. The molecule has 8 rings (SSSR count). The van der Waals surface area contributed by atoms with Gasteiger partial charge in [0.05, 0.1) is 35.6 Å². The fourth-order valence-electron chi connectivity index (χ4n) is 5.93. The third kappa shape index (κ3) is 20.0. The Kier molecular flexibility index (Phi) is 27.0. The minimum atomic E-state index is -1.34. The number of carboxylic acid groups (broad SMARTS) is 2. The second-order valence-corrected chi connectivity index (χ2v) is 16.6. The molecule has 352 valence electrons. The van der Waals surface area contributed by atoms with E-state index in [0.717, 1.165) is 82.3 Å². The Morgan fingerprint density at radius 1 is 0.507 bits per heavy atom. The van der Waals surface area contributed by atoms with Crippen LogP contribution in [-0.4, -0.2) is 67.8 Å². The summed E-state index contributed by atoms with van der Waals surface area (Å²) in [6, 6.07) is 56.9. The van der Waals surface area contributed by atoms with Crippen molar-refractivity contribution in [1.29, 1.82) is 0 Å². The van der Waals surface area contributed by atoms with Gasteiger partial charge in [-0.15, -0.1) is 14.5 Å². The van der Waals surface area contributed by atoms with Gasteiger partial charge in [-0.05, 0) is 132 Å². The average Bonchev–Trinajstić information content (AvgIpc) is 3.31. The number of rotatable bonds is 7. The molecule has 0 aliphatic rings. The first-order valence-electron chi connectivity index (χ1n) is 20.0. The molecule has 0 bridgehead atoms. The quantitative estimate of drug-likeness (QED) is 0.0525. The molecular weight excluding hydrogens is 1190 g/mol. The summed E-state index contributed by atoms with van der Waals surface area (Å²) in [7, 11) is 8.05. The topological polar surface area (TPSA) is 152 Å². The average molecular weight is 1240 g/mol. The van der Waals surface area contributed by atoms with Crippen molar-refractivity contribution in [3.63, 3.8) is 0 Å². The molecule has 0 spiro atoms. The Morgan fingerprint density at radius 2 is 0.821 bits per heavy atom. The van der Waals surface area contributed by atoms with Gasteiger partial charge in [-0.2, -0.15) is 30.3 Å². The number of carboxylic acids is 2. The number of aliphatic carboxylic acids is 2. The van der Waals surface area contributed by atoms with E-state index in [9.17, 15) is 0 Å². The van der Waals surface area contributed by atoms with E-state index in [0.29, 0.717) is 5.46 Å². The summed E-state index contributed by atoms with van der Waals surface area (Å²) in [5, 5.41) is 37.7. The van der Waals surface area contributed by atoms with Gasteiger partial charge >= 0.3 is 7.12 Å². The molecule has 0 heterocycles. The van der Waals surface area contributed by atoms with Crippen LogP contribution >= 0.6 is 54.4 Å². The molecule has 0 aromatic heterocycles. The van der Waals surface area contributed by atoms with Crippen molar-refractivity contribution in [3.05, 3.63) is 177 Å². The smallest absolute Gasteiger partial charge is 0.488 e. The van der Waals surface area contributed by atoms with E-state index in [1.165, 1.54) is 10.8 Å². The van der Waals surface area contributed by atoms with Gasteiger partial charge in [0.25, 0.3) is 11.9 Å².